The van der Waals surface area contributed by atoms with Crippen molar-refractivity contribution in [2.75, 3.05) is 11.9 Å². The molecule has 0 fully saturated rings. The Morgan fingerprint density at radius 3 is 2.50 bits per heavy atom. The quantitative estimate of drug-likeness (QED) is 0.844. The maximum absolute atomic E-state index is 5.71. The van der Waals surface area contributed by atoms with E-state index < -0.39 is 6.42 Å². The van der Waals surface area contributed by atoms with Crippen molar-refractivity contribution in [1.29, 1.82) is 0 Å². The third-order valence-corrected chi connectivity index (χ3v) is 3.36. The molecule has 0 amide bonds. The van der Waals surface area contributed by atoms with Crippen LogP contribution in [0, 0.1) is 0 Å². The number of hydrogen-bond acceptors (Lipinski definition) is 4. The Kier molecular flexibility index (Phi) is 3.22. The molecule has 0 radical (unpaired) electrons. The SMILES string of the molecule is CP(=S)(Nn1cnnc1)Oc1ccccc1. The van der Waals surface area contributed by atoms with E-state index in [0.29, 0.717) is 0 Å². The summed E-state index contributed by atoms with van der Waals surface area (Å²) < 4.78 is 7.31. The summed E-state index contributed by atoms with van der Waals surface area (Å²) in [6, 6.07) is 9.49. The second kappa shape index (κ2) is 4.63. The summed E-state index contributed by atoms with van der Waals surface area (Å²) in [7, 11) is 0. The van der Waals surface area contributed by atoms with Crippen LogP contribution in [0.2, 0.25) is 0 Å². The lowest BCUT2D eigenvalue weighted by Crippen LogP contribution is -2.12. The van der Waals surface area contributed by atoms with Gasteiger partial charge in [-0.05, 0) is 23.9 Å². The zero-order chi connectivity index (χ0) is 11.4. The first-order chi connectivity index (χ1) is 7.66. The molecule has 84 valence electrons. The zero-order valence-corrected chi connectivity index (χ0v) is 10.4. The van der Waals surface area contributed by atoms with Crippen molar-refractivity contribution in [2.45, 2.75) is 0 Å². The molecule has 0 aliphatic rings. The first-order valence-electron chi connectivity index (χ1n) is 4.61. The van der Waals surface area contributed by atoms with Gasteiger partial charge in [-0.3, -0.25) is 5.20 Å². The van der Waals surface area contributed by atoms with Crippen LogP contribution < -0.4 is 9.72 Å². The van der Waals surface area contributed by atoms with Crippen LogP contribution in [0.5, 0.6) is 5.75 Å². The summed E-state index contributed by atoms with van der Waals surface area (Å²) in [4.78, 5) is 0. The molecular formula is C9H11N4OPS. The smallest absolute Gasteiger partial charge is 0.213 e. The van der Waals surface area contributed by atoms with Gasteiger partial charge in [-0.1, -0.05) is 18.2 Å². The van der Waals surface area contributed by atoms with Crippen LogP contribution in [0.15, 0.2) is 43.0 Å². The van der Waals surface area contributed by atoms with Gasteiger partial charge in [-0.25, -0.2) is 4.68 Å². The molecular weight excluding hydrogens is 243 g/mol. The maximum atomic E-state index is 5.71. The van der Waals surface area contributed by atoms with Gasteiger partial charge in [0.2, 0.25) is 6.42 Å². The van der Waals surface area contributed by atoms with Crippen LogP contribution in [0.4, 0.5) is 0 Å². The topological polar surface area (TPSA) is 52.0 Å². The summed E-state index contributed by atoms with van der Waals surface area (Å²) in [6.45, 7) is 1.86. The Labute approximate surface area is 98.6 Å². The highest BCUT2D eigenvalue weighted by Gasteiger charge is 2.11. The van der Waals surface area contributed by atoms with Gasteiger partial charge in [0, 0.05) is 6.66 Å². The van der Waals surface area contributed by atoms with E-state index in [-0.39, 0.29) is 0 Å². The Balaban J connectivity index is 2.06. The highest BCUT2D eigenvalue weighted by Crippen LogP contribution is 2.40. The minimum Gasteiger partial charge on any atom is -0.448 e. The van der Waals surface area contributed by atoms with Crippen molar-refractivity contribution in [1.82, 2.24) is 14.9 Å². The van der Waals surface area contributed by atoms with E-state index in [1.165, 1.54) is 0 Å². The van der Waals surface area contributed by atoms with E-state index in [1.54, 1.807) is 17.3 Å². The normalized spacial score (nSPS) is 14.1. The molecule has 7 heteroatoms. The third kappa shape index (κ3) is 3.05. The van der Waals surface area contributed by atoms with E-state index in [9.17, 15) is 0 Å². The molecule has 0 saturated carbocycles. The first-order valence-corrected chi connectivity index (χ1v) is 7.77. The largest absolute Gasteiger partial charge is 0.448 e. The zero-order valence-electron chi connectivity index (χ0n) is 8.65. The Morgan fingerprint density at radius 1 is 1.25 bits per heavy atom. The Morgan fingerprint density at radius 2 is 1.88 bits per heavy atom. The van der Waals surface area contributed by atoms with Crippen molar-refractivity contribution in [3.05, 3.63) is 43.0 Å². The van der Waals surface area contributed by atoms with Gasteiger partial charge in [-0.2, -0.15) is 0 Å². The minimum atomic E-state index is -2.14. The molecule has 5 nitrogen and oxygen atoms in total. The van der Waals surface area contributed by atoms with Gasteiger partial charge in [0.1, 0.15) is 18.4 Å². The number of benzene rings is 1. The second-order valence-corrected chi connectivity index (χ2v) is 7.38. The standard InChI is InChI=1S/C9H11N4OPS/c1-15(16,12-13-7-10-11-8-13)14-9-5-3-2-4-6-9/h2-8H,1H3,(H,12,16). The van der Waals surface area contributed by atoms with Gasteiger partial charge in [0.25, 0.3) is 0 Å². The molecule has 2 aromatic rings. The van der Waals surface area contributed by atoms with Gasteiger partial charge in [0.15, 0.2) is 0 Å². The van der Waals surface area contributed by atoms with Gasteiger partial charge in [-0.15, -0.1) is 10.2 Å². The van der Waals surface area contributed by atoms with E-state index in [1.807, 2.05) is 37.0 Å². The van der Waals surface area contributed by atoms with Crippen LogP contribution in [-0.2, 0) is 11.8 Å². The van der Waals surface area contributed by atoms with Crippen molar-refractivity contribution in [3.8, 4) is 5.75 Å². The molecule has 1 aromatic carbocycles. The van der Waals surface area contributed by atoms with Crippen LogP contribution in [0.25, 0.3) is 0 Å². The molecule has 16 heavy (non-hydrogen) atoms. The van der Waals surface area contributed by atoms with Crippen molar-refractivity contribution in [3.63, 3.8) is 0 Å². The predicted molar refractivity (Wildman–Crippen MR) is 66.7 cm³/mol. The van der Waals surface area contributed by atoms with Crippen LogP contribution in [0.1, 0.15) is 0 Å². The molecule has 0 aliphatic carbocycles. The minimum absolute atomic E-state index is 0.758. The fraction of sp³-hybridized carbons (Fsp3) is 0.111. The molecule has 2 rings (SSSR count). The molecule has 1 unspecified atom stereocenters. The number of nitrogens with zero attached hydrogens (tertiary/aromatic N) is 3. The molecule has 1 aromatic heterocycles. The van der Waals surface area contributed by atoms with Crippen LogP contribution in [-0.4, -0.2) is 21.5 Å². The van der Waals surface area contributed by atoms with Gasteiger partial charge in [0.05, 0.1) is 0 Å². The number of nitrogens with one attached hydrogen (secondary N) is 1. The molecule has 0 bridgehead atoms. The highest BCUT2D eigenvalue weighted by atomic mass is 32.4. The maximum Gasteiger partial charge on any atom is 0.213 e. The summed E-state index contributed by atoms with van der Waals surface area (Å²) in [5.41, 5.74) is 0. The monoisotopic (exact) mass is 254 g/mol. The van der Waals surface area contributed by atoms with E-state index in [2.05, 4.69) is 15.4 Å². The van der Waals surface area contributed by atoms with Crippen molar-refractivity contribution < 1.29 is 4.52 Å². The summed E-state index contributed by atoms with van der Waals surface area (Å²) in [6.07, 6.45) is 0.944. The molecule has 1 atom stereocenters. The summed E-state index contributed by atoms with van der Waals surface area (Å²) >= 11 is 5.37. The lowest BCUT2D eigenvalue weighted by Gasteiger charge is -2.20. The fourth-order valence-corrected chi connectivity index (χ4v) is 2.79. The first kappa shape index (κ1) is 11.1. The molecule has 1 N–H and O–H groups in total. The van der Waals surface area contributed by atoms with Gasteiger partial charge < -0.3 is 4.52 Å². The summed E-state index contributed by atoms with van der Waals surface area (Å²) in [5, 5.41) is 10.4. The predicted octanol–water partition coefficient (Wildman–Crippen LogP) is 1.84. The lowest BCUT2D eigenvalue weighted by atomic mass is 10.3. The highest BCUT2D eigenvalue weighted by molar-refractivity contribution is 8.12. The average Bonchev–Trinajstić information content (AvgIpc) is 2.70. The number of rotatable bonds is 4. The Bertz CT molecular complexity index is 487. The van der Waals surface area contributed by atoms with Gasteiger partial charge >= 0.3 is 0 Å². The van der Waals surface area contributed by atoms with Crippen LogP contribution >= 0.6 is 6.42 Å². The Hall–Kier alpha value is -1.39. The fourth-order valence-electron chi connectivity index (χ4n) is 1.17. The lowest BCUT2D eigenvalue weighted by molar-refractivity contribution is 0.614. The third-order valence-electron chi connectivity index (χ3n) is 1.74. The van der Waals surface area contributed by atoms with E-state index in [4.69, 9.17) is 16.3 Å². The van der Waals surface area contributed by atoms with Crippen molar-refractivity contribution >= 4 is 18.2 Å². The van der Waals surface area contributed by atoms with E-state index >= 15 is 0 Å². The average molecular weight is 254 g/mol. The van der Waals surface area contributed by atoms with Crippen molar-refractivity contribution in [2.24, 2.45) is 0 Å². The second-order valence-electron chi connectivity index (χ2n) is 3.22. The molecule has 0 saturated heterocycles. The molecule has 0 spiro atoms. The van der Waals surface area contributed by atoms with E-state index in [0.717, 1.165) is 5.75 Å². The number of aromatic nitrogens is 3. The van der Waals surface area contributed by atoms with Crippen LogP contribution in [0.3, 0.4) is 0 Å². The number of hydrogen-bond donors (Lipinski definition) is 1. The molecule has 0 aliphatic heterocycles. The number of para-hydroxylation sites is 1. The summed E-state index contributed by atoms with van der Waals surface area (Å²) in [5.74, 6) is 0.758. The molecule has 1 heterocycles.